The first-order valence-corrected chi connectivity index (χ1v) is 9.95. The van der Waals surface area contributed by atoms with E-state index in [9.17, 15) is 14.4 Å². The van der Waals surface area contributed by atoms with Gasteiger partial charge in [0.05, 0.1) is 9.96 Å². The van der Waals surface area contributed by atoms with E-state index in [2.05, 4.69) is 33.4 Å². The van der Waals surface area contributed by atoms with Crippen molar-refractivity contribution < 1.29 is 19.5 Å². The molecule has 2 aromatic rings. The van der Waals surface area contributed by atoms with Crippen molar-refractivity contribution in [3.05, 3.63) is 56.0 Å². The van der Waals surface area contributed by atoms with E-state index in [1.165, 1.54) is 23.1 Å². The van der Waals surface area contributed by atoms with Crippen LogP contribution in [0.1, 0.15) is 11.1 Å². The van der Waals surface area contributed by atoms with Gasteiger partial charge in [0.1, 0.15) is 5.57 Å². The third-order valence-corrected chi connectivity index (χ3v) is 6.29. The van der Waals surface area contributed by atoms with Crippen molar-refractivity contribution in [1.82, 2.24) is 10.9 Å². The van der Waals surface area contributed by atoms with Crippen LogP contribution >= 0.6 is 45.7 Å². The lowest BCUT2D eigenvalue weighted by molar-refractivity contribution is -0.134. The number of thiophene rings is 1. The number of hydrogen-bond donors (Lipinski definition) is 3. The zero-order valence-corrected chi connectivity index (χ0v) is 16.3. The molecule has 0 spiro atoms. The fraction of sp³-hybridized carbons (Fsp3) is 0.0625. The summed E-state index contributed by atoms with van der Waals surface area (Å²) in [7, 11) is 0. The normalized spacial score (nSPS) is 13.6. The summed E-state index contributed by atoms with van der Waals surface area (Å²) < 4.78 is 1.77. The molecule has 25 heavy (non-hydrogen) atoms. The van der Waals surface area contributed by atoms with Crippen LogP contribution in [-0.4, -0.2) is 28.6 Å². The molecule has 2 heterocycles. The molecule has 1 aliphatic heterocycles. The van der Waals surface area contributed by atoms with Crippen molar-refractivity contribution in [3.8, 4) is 0 Å². The first-order valence-electron chi connectivity index (χ1n) is 7.00. The Morgan fingerprint density at radius 3 is 2.36 bits per heavy atom. The van der Waals surface area contributed by atoms with Crippen LogP contribution in [0.4, 0.5) is 0 Å². The minimum Gasteiger partial charge on any atom is -0.481 e. The van der Waals surface area contributed by atoms with Gasteiger partial charge in [0.25, 0.3) is 11.8 Å². The Bertz CT molecular complexity index is 872. The van der Waals surface area contributed by atoms with Crippen LogP contribution < -0.4 is 10.9 Å². The minimum atomic E-state index is -0.927. The number of rotatable bonds is 5. The zero-order chi connectivity index (χ0) is 18.0. The summed E-state index contributed by atoms with van der Waals surface area (Å²) in [6, 6.07) is 9.25. The summed E-state index contributed by atoms with van der Waals surface area (Å²) in [6.45, 7) is 0. The number of hydrazine groups is 1. The van der Waals surface area contributed by atoms with Gasteiger partial charge in [0.2, 0.25) is 0 Å². The van der Waals surface area contributed by atoms with E-state index < -0.39 is 17.8 Å². The third kappa shape index (κ3) is 3.88. The number of carbonyl (C=O) groups excluding carboxylic acids is 2. The molecule has 9 heteroatoms. The molecule has 6 nitrogen and oxygen atoms in total. The van der Waals surface area contributed by atoms with E-state index in [1.807, 2.05) is 29.6 Å². The molecular weight excluding hydrogens is 475 g/mol. The molecule has 0 radical (unpaired) electrons. The lowest BCUT2D eigenvalue weighted by atomic mass is 9.94. The van der Waals surface area contributed by atoms with Crippen LogP contribution in [0.2, 0.25) is 0 Å². The highest BCUT2D eigenvalue weighted by molar-refractivity contribution is 14.1. The van der Waals surface area contributed by atoms with Crippen molar-refractivity contribution in [2.45, 2.75) is 4.21 Å². The van der Waals surface area contributed by atoms with Gasteiger partial charge < -0.3 is 5.11 Å². The minimum absolute atomic E-state index is 0.0248. The van der Waals surface area contributed by atoms with E-state index in [0.29, 0.717) is 11.1 Å². The second-order valence-electron chi connectivity index (χ2n) is 4.97. The fourth-order valence-corrected chi connectivity index (χ4v) is 4.52. The molecule has 1 aromatic carbocycles. The molecule has 3 rings (SSSR count). The number of amides is 2. The molecule has 1 aliphatic rings. The summed E-state index contributed by atoms with van der Waals surface area (Å²) in [5.41, 5.74) is 6.56. The summed E-state index contributed by atoms with van der Waals surface area (Å²) in [5.74, 6) is -2.02. The average molecular weight is 486 g/mol. The third-order valence-electron chi connectivity index (χ3n) is 3.35. The van der Waals surface area contributed by atoms with Crippen LogP contribution in [0.25, 0.3) is 5.57 Å². The van der Waals surface area contributed by atoms with Crippen LogP contribution in [0.5, 0.6) is 0 Å². The average Bonchev–Trinajstić information content (AvgIpc) is 3.16. The van der Waals surface area contributed by atoms with Crippen molar-refractivity contribution >= 4 is 69.0 Å². The summed E-state index contributed by atoms with van der Waals surface area (Å²) in [6.07, 6.45) is 0. The maximum absolute atomic E-state index is 12.2. The Hall–Kier alpha value is -1.85. The first-order chi connectivity index (χ1) is 12.0. The van der Waals surface area contributed by atoms with Gasteiger partial charge in [-0.05, 0) is 51.7 Å². The fourth-order valence-electron chi connectivity index (χ4n) is 2.34. The van der Waals surface area contributed by atoms with Gasteiger partial charge in [0.15, 0.2) is 0 Å². The van der Waals surface area contributed by atoms with Gasteiger partial charge >= 0.3 is 5.97 Å². The first kappa shape index (κ1) is 18.0. The smallest absolute Gasteiger partial charge is 0.313 e. The van der Waals surface area contributed by atoms with E-state index in [4.69, 9.17) is 5.11 Å². The molecular formula is C16H11IN2O4S2. The number of carboxylic acids is 1. The second kappa shape index (κ2) is 7.58. The topological polar surface area (TPSA) is 95.5 Å². The highest BCUT2D eigenvalue weighted by atomic mass is 127. The van der Waals surface area contributed by atoms with Gasteiger partial charge in [-0.25, -0.2) is 0 Å². The SMILES string of the molecule is O=C(O)CSc1sccc1C(=C1C(=O)NNC1=O)c1ccc(I)cc1. The van der Waals surface area contributed by atoms with E-state index >= 15 is 0 Å². The molecule has 1 saturated heterocycles. The number of benzene rings is 1. The molecule has 0 unspecified atom stereocenters. The number of aliphatic carboxylic acids is 1. The number of hydrogen-bond acceptors (Lipinski definition) is 5. The maximum Gasteiger partial charge on any atom is 0.313 e. The Labute approximate surface area is 164 Å². The van der Waals surface area contributed by atoms with Crippen LogP contribution in [-0.2, 0) is 14.4 Å². The predicted molar refractivity (Wildman–Crippen MR) is 104 cm³/mol. The molecule has 3 N–H and O–H groups in total. The Morgan fingerprint density at radius 2 is 1.76 bits per heavy atom. The molecule has 0 aliphatic carbocycles. The Kier molecular flexibility index (Phi) is 5.45. The second-order valence-corrected chi connectivity index (χ2v) is 8.38. The zero-order valence-electron chi connectivity index (χ0n) is 12.5. The monoisotopic (exact) mass is 486 g/mol. The van der Waals surface area contributed by atoms with Crippen molar-refractivity contribution in [1.29, 1.82) is 0 Å². The highest BCUT2D eigenvalue weighted by Crippen LogP contribution is 2.38. The summed E-state index contributed by atoms with van der Waals surface area (Å²) >= 11 is 4.72. The lowest BCUT2D eigenvalue weighted by Gasteiger charge is -2.11. The Balaban J connectivity index is 2.17. The van der Waals surface area contributed by atoms with Gasteiger partial charge in [-0.3, -0.25) is 25.2 Å². The van der Waals surface area contributed by atoms with E-state index in [0.717, 1.165) is 13.3 Å². The lowest BCUT2D eigenvalue weighted by Crippen LogP contribution is -2.28. The predicted octanol–water partition coefficient (Wildman–Crippen LogP) is 2.49. The number of carbonyl (C=O) groups is 3. The molecule has 0 saturated carbocycles. The van der Waals surface area contributed by atoms with Crippen LogP contribution in [0.15, 0.2) is 45.5 Å². The number of nitrogens with one attached hydrogen (secondary N) is 2. The van der Waals surface area contributed by atoms with Gasteiger partial charge in [-0.1, -0.05) is 12.1 Å². The number of thioether (sulfide) groups is 1. The van der Waals surface area contributed by atoms with Crippen LogP contribution in [0.3, 0.4) is 0 Å². The van der Waals surface area contributed by atoms with Crippen molar-refractivity contribution in [2.24, 2.45) is 0 Å². The highest BCUT2D eigenvalue weighted by Gasteiger charge is 2.31. The van der Waals surface area contributed by atoms with Crippen LogP contribution in [0, 0.1) is 3.57 Å². The standard InChI is InChI=1S/C16H11IN2O4S2/c17-9-3-1-8(2-4-9)12(13-14(22)18-19-15(13)23)10-5-6-24-16(10)25-7-11(20)21/h1-6H,7H2,(H,18,22)(H,19,23)(H,20,21). The van der Waals surface area contributed by atoms with Gasteiger partial charge in [-0.2, -0.15) is 0 Å². The summed E-state index contributed by atoms with van der Waals surface area (Å²) in [4.78, 5) is 35.3. The molecule has 0 bridgehead atoms. The van der Waals surface area contributed by atoms with Gasteiger partial charge in [0, 0.05) is 14.7 Å². The molecule has 128 valence electrons. The number of halogens is 1. The van der Waals surface area contributed by atoms with Crippen molar-refractivity contribution in [3.63, 3.8) is 0 Å². The maximum atomic E-state index is 12.2. The summed E-state index contributed by atoms with van der Waals surface area (Å²) in [5, 5.41) is 10.7. The van der Waals surface area contributed by atoms with E-state index in [1.54, 1.807) is 6.07 Å². The molecule has 1 aromatic heterocycles. The quantitative estimate of drug-likeness (QED) is 0.261. The van der Waals surface area contributed by atoms with Gasteiger partial charge in [-0.15, -0.1) is 23.1 Å². The van der Waals surface area contributed by atoms with Crippen molar-refractivity contribution in [2.75, 3.05) is 5.75 Å². The number of carboxylic acid groups (broad SMARTS) is 1. The molecule has 2 amide bonds. The molecule has 0 atom stereocenters. The largest absolute Gasteiger partial charge is 0.481 e. The Morgan fingerprint density at radius 1 is 1.12 bits per heavy atom. The van der Waals surface area contributed by atoms with E-state index in [-0.39, 0.29) is 11.3 Å². The molecule has 1 fully saturated rings.